The van der Waals surface area contributed by atoms with E-state index < -0.39 is 0 Å². The normalized spacial score (nSPS) is 12.1. The number of anilines is 2. The molecule has 8 heteroatoms. The molecule has 3 N–H and O–H groups in total. The maximum atomic E-state index is 12.1. The zero-order valence-electron chi connectivity index (χ0n) is 18.3. The summed E-state index contributed by atoms with van der Waals surface area (Å²) in [7, 11) is 1.60. The van der Waals surface area contributed by atoms with Gasteiger partial charge in [0.25, 0.3) is 5.91 Å². The zero-order chi connectivity index (χ0) is 22.2. The number of benzene rings is 3. The highest BCUT2D eigenvalue weighted by molar-refractivity contribution is 5.94. The molecule has 0 unspecified atom stereocenters. The predicted octanol–water partition coefficient (Wildman–Crippen LogP) is 4.10. The Morgan fingerprint density at radius 3 is 2.12 bits per heavy atom. The number of nitrogens with zero attached hydrogens (tertiary/aromatic N) is 1. The lowest BCUT2D eigenvalue weighted by molar-refractivity contribution is -0.118. The summed E-state index contributed by atoms with van der Waals surface area (Å²) in [5, 5.41) is 9.26. The number of ether oxygens (including phenoxy) is 2. The highest BCUT2D eigenvalue weighted by Crippen LogP contribution is 2.18. The minimum atomic E-state index is -0.216. The van der Waals surface area contributed by atoms with E-state index in [1.165, 1.54) is 11.1 Å². The Balaban J connectivity index is 0.00000306. The van der Waals surface area contributed by atoms with Crippen molar-refractivity contribution in [3.8, 4) is 11.5 Å². The van der Waals surface area contributed by atoms with Crippen LogP contribution < -0.4 is 25.4 Å². The van der Waals surface area contributed by atoms with Gasteiger partial charge in [-0.3, -0.25) is 9.79 Å². The molecule has 0 spiro atoms. The van der Waals surface area contributed by atoms with Gasteiger partial charge in [0.2, 0.25) is 0 Å². The number of amides is 1. The van der Waals surface area contributed by atoms with Gasteiger partial charge in [-0.2, -0.15) is 0 Å². The summed E-state index contributed by atoms with van der Waals surface area (Å²) in [5.74, 6) is 2.00. The van der Waals surface area contributed by atoms with Gasteiger partial charge in [0, 0.05) is 17.9 Å². The van der Waals surface area contributed by atoms with Crippen molar-refractivity contribution in [2.45, 2.75) is 6.42 Å². The molecule has 0 fully saturated rings. The first-order chi connectivity index (χ1) is 15.7. The number of methoxy groups -OCH3 is 1. The van der Waals surface area contributed by atoms with E-state index in [1.807, 2.05) is 24.3 Å². The van der Waals surface area contributed by atoms with Crippen molar-refractivity contribution in [1.29, 1.82) is 0 Å². The highest BCUT2D eigenvalue weighted by atomic mass is 35.5. The van der Waals surface area contributed by atoms with E-state index in [4.69, 9.17) is 9.47 Å². The average molecular weight is 467 g/mol. The lowest BCUT2D eigenvalue weighted by atomic mass is 10.0. The Hall–Kier alpha value is -3.71. The molecule has 1 aliphatic rings. The van der Waals surface area contributed by atoms with Gasteiger partial charge in [-0.25, -0.2) is 0 Å². The van der Waals surface area contributed by atoms with Crippen molar-refractivity contribution in [3.05, 3.63) is 83.9 Å². The SMILES string of the molecule is COc1ccc(NC(=O)COc2ccc(Cc3ccc(NC4=NCCN4)cc3)cc2)cc1.Cl. The van der Waals surface area contributed by atoms with Crippen LogP contribution in [0, 0.1) is 0 Å². The predicted molar refractivity (Wildman–Crippen MR) is 134 cm³/mol. The molecule has 0 saturated carbocycles. The molecule has 0 bridgehead atoms. The van der Waals surface area contributed by atoms with Crippen molar-refractivity contribution in [1.82, 2.24) is 5.32 Å². The van der Waals surface area contributed by atoms with Gasteiger partial charge in [-0.1, -0.05) is 24.3 Å². The molecule has 33 heavy (non-hydrogen) atoms. The minimum Gasteiger partial charge on any atom is -0.497 e. The quantitative estimate of drug-likeness (QED) is 0.465. The van der Waals surface area contributed by atoms with E-state index in [0.29, 0.717) is 11.4 Å². The summed E-state index contributed by atoms with van der Waals surface area (Å²) < 4.78 is 10.7. The van der Waals surface area contributed by atoms with Gasteiger partial charge in [0.1, 0.15) is 11.5 Å². The zero-order valence-corrected chi connectivity index (χ0v) is 19.2. The van der Waals surface area contributed by atoms with E-state index in [0.717, 1.165) is 36.9 Å². The largest absolute Gasteiger partial charge is 0.497 e. The number of rotatable bonds is 8. The van der Waals surface area contributed by atoms with Crippen LogP contribution in [-0.2, 0) is 11.2 Å². The van der Waals surface area contributed by atoms with Crippen molar-refractivity contribution < 1.29 is 14.3 Å². The Morgan fingerprint density at radius 1 is 0.909 bits per heavy atom. The molecule has 1 aliphatic heterocycles. The number of aliphatic imine (C=N–C) groups is 1. The van der Waals surface area contributed by atoms with Gasteiger partial charge in [-0.05, 0) is 66.1 Å². The Morgan fingerprint density at radius 2 is 1.52 bits per heavy atom. The molecule has 0 atom stereocenters. The summed E-state index contributed by atoms with van der Waals surface area (Å²) in [6.07, 6.45) is 0.817. The Bertz CT molecular complexity index is 1070. The molecular formula is C25H27ClN4O3. The second kappa shape index (κ2) is 11.8. The summed E-state index contributed by atoms with van der Waals surface area (Å²) in [6.45, 7) is 1.64. The molecule has 172 valence electrons. The summed E-state index contributed by atoms with van der Waals surface area (Å²) >= 11 is 0. The fraction of sp³-hybridized carbons (Fsp3) is 0.200. The standard InChI is InChI=1S/C25H26N4O3.ClH/c1-31-22-12-8-20(9-13-22)28-24(30)17-32-23-10-4-19(5-11-23)16-18-2-6-21(7-3-18)29-25-26-14-15-27-25;/h2-13H,14-17H2,1H3,(H,28,30)(H2,26,27,29);1H. The number of hydrogen-bond acceptors (Lipinski definition) is 6. The van der Waals surface area contributed by atoms with Crippen LogP contribution in [0.15, 0.2) is 77.8 Å². The summed E-state index contributed by atoms with van der Waals surface area (Å²) in [5.41, 5.74) is 4.09. The molecule has 1 amide bonds. The average Bonchev–Trinajstić information content (AvgIpc) is 3.33. The van der Waals surface area contributed by atoms with Crippen molar-refractivity contribution in [3.63, 3.8) is 0 Å². The molecular weight excluding hydrogens is 440 g/mol. The minimum absolute atomic E-state index is 0. The fourth-order valence-corrected chi connectivity index (χ4v) is 3.28. The van der Waals surface area contributed by atoms with Crippen molar-refractivity contribution in [2.24, 2.45) is 4.99 Å². The first-order valence-electron chi connectivity index (χ1n) is 10.5. The summed E-state index contributed by atoms with van der Waals surface area (Å²) in [4.78, 5) is 16.4. The first kappa shape index (κ1) is 23.9. The van der Waals surface area contributed by atoms with Gasteiger partial charge < -0.3 is 25.4 Å². The van der Waals surface area contributed by atoms with Crippen LogP contribution in [0.1, 0.15) is 11.1 Å². The molecule has 3 aromatic carbocycles. The van der Waals surface area contributed by atoms with E-state index in [1.54, 1.807) is 31.4 Å². The van der Waals surface area contributed by atoms with E-state index in [2.05, 4.69) is 45.2 Å². The third-order valence-electron chi connectivity index (χ3n) is 4.97. The van der Waals surface area contributed by atoms with Crippen molar-refractivity contribution >= 4 is 35.6 Å². The number of hydrogen-bond donors (Lipinski definition) is 3. The fourth-order valence-electron chi connectivity index (χ4n) is 3.28. The molecule has 3 aromatic rings. The van der Waals surface area contributed by atoms with Gasteiger partial charge in [0.05, 0.1) is 13.7 Å². The monoisotopic (exact) mass is 466 g/mol. The van der Waals surface area contributed by atoms with Gasteiger partial charge in [-0.15, -0.1) is 12.4 Å². The van der Waals surface area contributed by atoms with E-state index >= 15 is 0 Å². The van der Waals surface area contributed by atoms with Crippen LogP contribution in [-0.4, -0.2) is 38.7 Å². The summed E-state index contributed by atoms with van der Waals surface area (Å²) in [6, 6.07) is 23.3. The topological polar surface area (TPSA) is 84.0 Å². The Labute approximate surface area is 199 Å². The maximum Gasteiger partial charge on any atom is 0.262 e. The van der Waals surface area contributed by atoms with Crippen LogP contribution in [0.2, 0.25) is 0 Å². The highest BCUT2D eigenvalue weighted by Gasteiger charge is 2.06. The molecule has 7 nitrogen and oxygen atoms in total. The second-order valence-electron chi connectivity index (χ2n) is 7.37. The van der Waals surface area contributed by atoms with Crippen LogP contribution in [0.3, 0.4) is 0 Å². The van der Waals surface area contributed by atoms with E-state index in [-0.39, 0.29) is 24.9 Å². The molecule has 4 rings (SSSR count). The number of nitrogens with one attached hydrogen (secondary N) is 3. The van der Waals surface area contributed by atoms with Crippen LogP contribution in [0.5, 0.6) is 11.5 Å². The lowest BCUT2D eigenvalue weighted by Crippen LogP contribution is -2.26. The molecule has 0 aliphatic carbocycles. The van der Waals surface area contributed by atoms with Gasteiger partial charge in [0.15, 0.2) is 12.6 Å². The number of carbonyl (C=O) groups is 1. The van der Waals surface area contributed by atoms with Crippen LogP contribution in [0.4, 0.5) is 11.4 Å². The number of halogens is 1. The van der Waals surface area contributed by atoms with Crippen LogP contribution in [0.25, 0.3) is 0 Å². The molecule has 0 aromatic heterocycles. The first-order valence-corrected chi connectivity index (χ1v) is 10.5. The smallest absolute Gasteiger partial charge is 0.262 e. The molecule has 0 saturated heterocycles. The maximum absolute atomic E-state index is 12.1. The van der Waals surface area contributed by atoms with Crippen molar-refractivity contribution in [2.75, 3.05) is 37.4 Å². The Kier molecular flexibility index (Phi) is 8.55. The van der Waals surface area contributed by atoms with Crippen LogP contribution >= 0.6 is 12.4 Å². The lowest BCUT2D eigenvalue weighted by Gasteiger charge is -2.10. The van der Waals surface area contributed by atoms with Gasteiger partial charge >= 0.3 is 0 Å². The number of guanidine groups is 1. The van der Waals surface area contributed by atoms with E-state index in [9.17, 15) is 4.79 Å². The third-order valence-corrected chi connectivity index (χ3v) is 4.97. The molecule has 1 heterocycles. The third kappa shape index (κ3) is 7.15. The molecule has 0 radical (unpaired) electrons. The number of carbonyl (C=O) groups excluding carboxylic acids is 1. The second-order valence-corrected chi connectivity index (χ2v) is 7.37.